The standard InChI is InChI=1S/C17H18ClIN2/c18-15-3-7-17(8-4-15)21-11-9-20(10-12-21)13-14-1-5-16(19)6-2-14/h1-8H,9-13H2. The Kier molecular flexibility index (Phi) is 5.03. The molecule has 0 radical (unpaired) electrons. The summed E-state index contributed by atoms with van der Waals surface area (Å²) in [7, 11) is 0. The van der Waals surface area contributed by atoms with Crippen LogP contribution < -0.4 is 4.90 Å². The number of hydrogen-bond donors (Lipinski definition) is 0. The van der Waals surface area contributed by atoms with Crippen molar-refractivity contribution in [3.05, 3.63) is 62.7 Å². The monoisotopic (exact) mass is 412 g/mol. The molecule has 21 heavy (non-hydrogen) atoms. The molecule has 0 spiro atoms. The third kappa shape index (κ3) is 4.11. The Balaban J connectivity index is 1.55. The molecule has 0 atom stereocenters. The summed E-state index contributed by atoms with van der Waals surface area (Å²) in [5, 5.41) is 0.802. The normalized spacial score (nSPS) is 16.2. The van der Waals surface area contributed by atoms with Crippen LogP contribution in [0.15, 0.2) is 48.5 Å². The summed E-state index contributed by atoms with van der Waals surface area (Å²) in [5.41, 5.74) is 2.67. The highest BCUT2D eigenvalue weighted by Crippen LogP contribution is 2.20. The molecule has 0 unspecified atom stereocenters. The number of rotatable bonds is 3. The SMILES string of the molecule is Clc1ccc(N2CCN(Cc3ccc(I)cc3)CC2)cc1. The number of hydrogen-bond acceptors (Lipinski definition) is 2. The van der Waals surface area contributed by atoms with Gasteiger partial charge in [-0.1, -0.05) is 23.7 Å². The number of benzene rings is 2. The summed E-state index contributed by atoms with van der Waals surface area (Å²) in [5.74, 6) is 0. The predicted octanol–water partition coefficient (Wildman–Crippen LogP) is 4.27. The van der Waals surface area contributed by atoms with Crippen LogP contribution in [-0.4, -0.2) is 31.1 Å². The van der Waals surface area contributed by atoms with E-state index in [0.29, 0.717) is 0 Å². The molecule has 3 rings (SSSR count). The first-order valence-electron chi connectivity index (χ1n) is 7.18. The highest BCUT2D eigenvalue weighted by atomic mass is 127. The maximum atomic E-state index is 5.95. The van der Waals surface area contributed by atoms with Crippen molar-refractivity contribution < 1.29 is 0 Å². The van der Waals surface area contributed by atoms with Crippen molar-refractivity contribution in [1.82, 2.24) is 4.90 Å². The Morgan fingerprint density at radius 2 is 1.48 bits per heavy atom. The van der Waals surface area contributed by atoms with E-state index in [1.54, 1.807) is 0 Å². The first-order chi connectivity index (χ1) is 10.2. The van der Waals surface area contributed by atoms with Gasteiger partial charge in [0, 0.05) is 47.0 Å². The molecule has 0 amide bonds. The quantitative estimate of drug-likeness (QED) is 0.695. The molecule has 1 heterocycles. The molecule has 110 valence electrons. The minimum absolute atomic E-state index is 0.802. The van der Waals surface area contributed by atoms with Gasteiger partial charge in [0.2, 0.25) is 0 Å². The molecule has 0 aliphatic carbocycles. The average molecular weight is 413 g/mol. The van der Waals surface area contributed by atoms with Gasteiger partial charge in [0.05, 0.1) is 0 Å². The zero-order valence-corrected chi connectivity index (χ0v) is 14.7. The minimum atomic E-state index is 0.802. The van der Waals surface area contributed by atoms with Gasteiger partial charge >= 0.3 is 0 Å². The molecule has 0 N–H and O–H groups in total. The third-order valence-electron chi connectivity index (χ3n) is 3.88. The van der Waals surface area contributed by atoms with Crippen LogP contribution in [0.25, 0.3) is 0 Å². The van der Waals surface area contributed by atoms with E-state index >= 15 is 0 Å². The smallest absolute Gasteiger partial charge is 0.0407 e. The molecular weight excluding hydrogens is 395 g/mol. The van der Waals surface area contributed by atoms with Gasteiger partial charge in [-0.3, -0.25) is 4.90 Å². The second-order valence-electron chi connectivity index (χ2n) is 5.37. The second kappa shape index (κ2) is 6.99. The molecule has 2 aromatic carbocycles. The first kappa shape index (κ1) is 15.1. The Morgan fingerprint density at radius 1 is 0.857 bits per heavy atom. The Hall–Kier alpha value is -0.780. The molecule has 1 saturated heterocycles. The third-order valence-corrected chi connectivity index (χ3v) is 4.85. The molecule has 2 aromatic rings. The van der Waals surface area contributed by atoms with Crippen LogP contribution in [0.4, 0.5) is 5.69 Å². The van der Waals surface area contributed by atoms with Crippen molar-refractivity contribution in [1.29, 1.82) is 0 Å². The number of anilines is 1. The molecule has 4 heteroatoms. The average Bonchev–Trinajstić information content (AvgIpc) is 2.51. The minimum Gasteiger partial charge on any atom is -0.369 e. The lowest BCUT2D eigenvalue weighted by Gasteiger charge is -2.36. The molecule has 2 nitrogen and oxygen atoms in total. The van der Waals surface area contributed by atoms with Crippen molar-refractivity contribution in [3.8, 4) is 0 Å². The zero-order valence-electron chi connectivity index (χ0n) is 11.8. The van der Waals surface area contributed by atoms with Gasteiger partial charge < -0.3 is 4.90 Å². The van der Waals surface area contributed by atoms with Crippen LogP contribution in [0.5, 0.6) is 0 Å². The lowest BCUT2D eigenvalue weighted by atomic mass is 10.2. The van der Waals surface area contributed by atoms with Crippen LogP contribution >= 0.6 is 34.2 Å². The van der Waals surface area contributed by atoms with Crippen LogP contribution in [0.3, 0.4) is 0 Å². The van der Waals surface area contributed by atoms with Crippen molar-refractivity contribution in [3.63, 3.8) is 0 Å². The summed E-state index contributed by atoms with van der Waals surface area (Å²) in [6.45, 7) is 5.41. The number of nitrogens with zero attached hydrogens (tertiary/aromatic N) is 2. The molecule has 0 saturated carbocycles. The topological polar surface area (TPSA) is 6.48 Å². The number of piperazine rings is 1. The highest BCUT2D eigenvalue weighted by molar-refractivity contribution is 14.1. The summed E-state index contributed by atoms with van der Waals surface area (Å²) in [6, 6.07) is 17.0. The van der Waals surface area contributed by atoms with Crippen molar-refractivity contribution in [2.24, 2.45) is 0 Å². The Labute approximate surface area is 144 Å². The van der Waals surface area contributed by atoms with Gasteiger partial charge in [-0.15, -0.1) is 0 Å². The van der Waals surface area contributed by atoms with Crippen molar-refractivity contribution in [2.75, 3.05) is 31.1 Å². The molecule has 1 aliphatic heterocycles. The van der Waals surface area contributed by atoms with Gasteiger partial charge in [0.25, 0.3) is 0 Å². The van der Waals surface area contributed by atoms with E-state index in [2.05, 4.69) is 68.8 Å². The van der Waals surface area contributed by atoms with Gasteiger partial charge in [0.15, 0.2) is 0 Å². The largest absolute Gasteiger partial charge is 0.369 e. The van der Waals surface area contributed by atoms with E-state index in [4.69, 9.17) is 11.6 Å². The van der Waals surface area contributed by atoms with E-state index in [0.717, 1.165) is 37.7 Å². The number of halogens is 2. The maximum Gasteiger partial charge on any atom is 0.0407 e. The van der Waals surface area contributed by atoms with Crippen molar-refractivity contribution in [2.45, 2.75) is 6.54 Å². The fourth-order valence-corrected chi connectivity index (χ4v) is 3.15. The first-order valence-corrected chi connectivity index (χ1v) is 8.64. The van der Waals surface area contributed by atoms with Gasteiger partial charge in [-0.05, 0) is 64.6 Å². The maximum absolute atomic E-state index is 5.95. The van der Waals surface area contributed by atoms with E-state index in [-0.39, 0.29) is 0 Å². The summed E-state index contributed by atoms with van der Waals surface area (Å²) < 4.78 is 1.30. The fourth-order valence-electron chi connectivity index (χ4n) is 2.66. The highest BCUT2D eigenvalue weighted by Gasteiger charge is 2.17. The van der Waals surface area contributed by atoms with Gasteiger partial charge in [-0.25, -0.2) is 0 Å². The molecule has 0 aromatic heterocycles. The molecule has 0 bridgehead atoms. The lowest BCUT2D eigenvalue weighted by Crippen LogP contribution is -2.45. The molecular formula is C17H18ClIN2. The van der Waals surface area contributed by atoms with E-state index in [9.17, 15) is 0 Å². The van der Waals surface area contributed by atoms with E-state index < -0.39 is 0 Å². The van der Waals surface area contributed by atoms with Crippen molar-refractivity contribution >= 4 is 39.9 Å². The molecule has 1 fully saturated rings. The van der Waals surface area contributed by atoms with Gasteiger partial charge in [0.1, 0.15) is 0 Å². The van der Waals surface area contributed by atoms with Crippen LogP contribution in [0, 0.1) is 3.57 Å². The second-order valence-corrected chi connectivity index (χ2v) is 7.05. The summed E-state index contributed by atoms with van der Waals surface area (Å²) >= 11 is 8.30. The summed E-state index contributed by atoms with van der Waals surface area (Å²) in [6.07, 6.45) is 0. The summed E-state index contributed by atoms with van der Waals surface area (Å²) in [4.78, 5) is 4.95. The van der Waals surface area contributed by atoms with E-state index in [1.165, 1.54) is 14.8 Å². The Bertz CT molecular complexity index is 575. The van der Waals surface area contributed by atoms with Gasteiger partial charge in [-0.2, -0.15) is 0 Å². The van der Waals surface area contributed by atoms with Crippen LogP contribution in [0.2, 0.25) is 5.02 Å². The fraction of sp³-hybridized carbons (Fsp3) is 0.294. The lowest BCUT2D eigenvalue weighted by molar-refractivity contribution is 0.250. The van der Waals surface area contributed by atoms with E-state index in [1.807, 2.05) is 12.1 Å². The van der Waals surface area contributed by atoms with Crippen LogP contribution in [-0.2, 0) is 6.54 Å². The molecule has 1 aliphatic rings. The Morgan fingerprint density at radius 3 is 2.10 bits per heavy atom. The predicted molar refractivity (Wildman–Crippen MR) is 98.1 cm³/mol. The zero-order chi connectivity index (χ0) is 14.7. The van der Waals surface area contributed by atoms with Crippen LogP contribution in [0.1, 0.15) is 5.56 Å².